The van der Waals surface area contributed by atoms with E-state index in [9.17, 15) is 0 Å². The largest absolute Gasteiger partial charge is 0.388 e. The minimum atomic E-state index is 0.386. The molecule has 0 aromatic carbocycles. The molecule has 8 heavy (non-hydrogen) atoms. The lowest BCUT2D eigenvalue weighted by Crippen LogP contribution is -2.10. The summed E-state index contributed by atoms with van der Waals surface area (Å²) in [6, 6.07) is 0.386. The van der Waals surface area contributed by atoms with Gasteiger partial charge in [0.15, 0.2) is 0 Å². The van der Waals surface area contributed by atoms with Crippen LogP contribution in [0.4, 0.5) is 0 Å². The zero-order valence-corrected chi connectivity index (χ0v) is 6.27. The third-order valence-electron chi connectivity index (χ3n) is 0.763. The predicted molar refractivity (Wildman–Crippen MR) is 41.9 cm³/mol. The number of hydrogen-bond acceptors (Lipinski definition) is 1. The van der Waals surface area contributed by atoms with Gasteiger partial charge in [-0.2, -0.15) is 0 Å². The van der Waals surface area contributed by atoms with Crippen LogP contribution < -0.4 is 0 Å². The molecular formula is C5H14B2O. The maximum Gasteiger partial charge on any atom is 0.138 e. The molecule has 0 saturated heterocycles. The Hall–Kier alpha value is 0.0899. The van der Waals surface area contributed by atoms with Gasteiger partial charge in [0.1, 0.15) is 15.7 Å². The Bertz CT molecular complexity index is 46.4. The van der Waals surface area contributed by atoms with Crippen LogP contribution in [0.25, 0.3) is 0 Å². The highest BCUT2D eigenvalue weighted by molar-refractivity contribution is 6.11. The van der Waals surface area contributed by atoms with Crippen molar-refractivity contribution in [1.82, 2.24) is 0 Å². The summed E-state index contributed by atoms with van der Waals surface area (Å²) in [5.74, 6) is 0.664. The van der Waals surface area contributed by atoms with Crippen molar-refractivity contribution in [2.24, 2.45) is 0 Å². The van der Waals surface area contributed by atoms with Crippen LogP contribution >= 0.6 is 0 Å². The monoisotopic (exact) mass is 112 g/mol. The van der Waals surface area contributed by atoms with Crippen LogP contribution in [-0.4, -0.2) is 28.3 Å². The second-order valence-electron chi connectivity index (χ2n) is 2.78. The molecule has 0 aromatic heterocycles. The minimum absolute atomic E-state index is 0.386. The lowest BCUT2D eigenvalue weighted by atomic mass is 9.90. The fourth-order valence-electron chi connectivity index (χ4n) is 0.385. The number of rotatable bonds is 3. The van der Waals surface area contributed by atoms with Gasteiger partial charge in [0.05, 0.1) is 0 Å². The predicted octanol–water partition coefficient (Wildman–Crippen LogP) is -0.576. The molecule has 0 saturated carbocycles. The molecule has 0 aliphatic heterocycles. The molecule has 0 fully saturated rings. The number of ether oxygens (including phenoxy) is 1. The highest BCUT2D eigenvalue weighted by atomic mass is 16.5. The Morgan fingerprint density at radius 1 is 1.38 bits per heavy atom. The fourth-order valence-corrected chi connectivity index (χ4v) is 0.385. The van der Waals surface area contributed by atoms with Crippen LogP contribution in [-0.2, 0) is 4.74 Å². The van der Waals surface area contributed by atoms with Gasteiger partial charge >= 0.3 is 0 Å². The first-order valence-electron chi connectivity index (χ1n) is 3.24. The van der Waals surface area contributed by atoms with Crippen molar-refractivity contribution in [3.05, 3.63) is 0 Å². The van der Waals surface area contributed by atoms with E-state index >= 15 is 0 Å². The molecule has 0 spiro atoms. The summed E-state index contributed by atoms with van der Waals surface area (Å²) in [6.07, 6.45) is 0. The summed E-state index contributed by atoms with van der Waals surface area (Å²) in [4.78, 5) is 0. The second-order valence-corrected chi connectivity index (χ2v) is 2.78. The van der Waals surface area contributed by atoms with Crippen LogP contribution in [0.1, 0.15) is 13.8 Å². The molecule has 0 bridgehead atoms. The molecule has 0 N–H and O–H groups in total. The Labute approximate surface area is 53.6 Å². The van der Waals surface area contributed by atoms with Gasteiger partial charge in [-0.3, -0.25) is 0 Å². The van der Waals surface area contributed by atoms with Crippen molar-refractivity contribution < 1.29 is 4.74 Å². The summed E-state index contributed by atoms with van der Waals surface area (Å²) < 4.78 is 5.30. The average molecular weight is 112 g/mol. The minimum Gasteiger partial charge on any atom is -0.388 e. The highest BCUT2D eigenvalue weighted by Gasteiger charge is 1.95. The molecule has 1 nitrogen and oxygen atoms in total. The van der Waals surface area contributed by atoms with Gasteiger partial charge in [0.25, 0.3) is 0 Å². The first-order chi connectivity index (χ1) is 3.63. The van der Waals surface area contributed by atoms with E-state index in [0.29, 0.717) is 11.8 Å². The average Bonchev–Trinajstić information content (AvgIpc) is 1.61. The standard InChI is InChI=1S/C5H14B2O/c1-4(6)3-8-5(2)7/h4-5H,3,6-7H2,1-2H3. The Balaban J connectivity index is 2.93. The van der Waals surface area contributed by atoms with Crippen molar-refractivity contribution in [2.45, 2.75) is 25.7 Å². The summed E-state index contributed by atoms with van der Waals surface area (Å²) in [5.41, 5.74) is 0. The zero-order valence-electron chi connectivity index (χ0n) is 6.27. The second kappa shape index (κ2) is 4.02. The van der Waals surface area contributed by atoms with Crippen LogP contribution in [0.2, 0.25) is 5.82 Å². The number of hydrogen-bond donors (Lipinski definition) is 0. The molecule has 0 heterocycles. The van der Waals surface area contributed by atoms with E-state index < -0.39 is 0 Å². The van der Waals surface area contributed by atoms with Crippen LogP contribution in [0.5, 0.6) is 0 Å². The fraction of sp³-hybridized carbons (Fsp3) is 1.00. The van der Waals surface area contributed by atoms with Gasteiger partial charge < -0.3 is 4.74 Å². The highest BCUT2D eigenvalue weighted by Crippen LogP contribution is 1.96. The normalized spacial score (nSPS) is 17.8. The van der Waals surface area contributed by atoms with Gasteiger partial charge in [-0.1, -0.05) is 6.92 Å². The third-order valence-corrected chi connectivity index (χ3v) is 0.763. The molecule has 0 aliphatic rings. The molecular weight excluding hydrogens is 97.7 g/mol. The van der Waals surface area contributed by atoms with Gasteiger partial charge in [-0.25, -0.2) is 0 Å². The van der Waals surface area contributed by atoms with E-state index in [1.165, 1.54) is 0 Å². The maximum absolute atomic E-state index is 5.30. The quantitative estimate of drug-likeness (QED) is 0.444. The van der Waals surface area contributed by atoms with E-state index in [2.05, 4.69) is 29.5 Å². The Morgan fingerprint density at radius 3 is 2.00 bits per heavy atom. The van der Waals surface area contributed by atoms with Gasteiger partial charge in [-0.05, 0) is 12.7 Å². The lowest BCUT2D eigenvalue weighted by Gasteiger charge is -2.08. The lowest BCUT2D eigenvalue weighted by molar-refractivity contribution is 0.120. The summed E-state index contributed by atoms with van der Waals surface area (Å²) in [6.45, 7) is 5.10. The first-order valence-corrected chi connectivity index (χ1v) is 3.24. The van der Waals surface area contributed by atoms with E-state index in [-0.39, 0.29) is 0 Å². The summed E-state index contributed by atoms with van der Waals surface area (Å²) >= 11 is 0. The van der Waals surface area contributed by atoms with E-state index in [1.807, 2.05) is 0 Å². The van der Waals surface area contributed by atoms with E-state index in [1.54, 1.807) is 0 Å². The summed E-state index contributed by atoms with van der Waals surface area (Å²) in [5, 5.41) is 0. The smallest absolute Gasteiger partial charge is 0.138 e. The molecule has 3 heteroatoms. The van der Waals surface area contributed by atoms with Crippen LogP contribution in [0, 0.1) is 0 Å². The maximum atomic E-state index is 5.30. The van der Waals surface area contributed by atoms with Crippen molar-refractivity contribution >= 4 is 15.7 Å². The molecule has 46 valence electrons. The van der Waals surface area contributed by atoms with Crippen LogP contribution in [0.15, 0.2) is 0 Å². The van der Waals surface area contributed by atoms with E-state index in [0.717, 1.165) is 6.61 Å². The molecule has 2 unspecified atom stereocenters. The molecule has 2 atom stereocenters. The molecule has 0 radical (unpaired) electrons. The van der Waals surface area contributed by atoms with Crippen LogP contribution in [0.3, 0.4) is 0 Å². The van der Waals surface area contributed by atoms with Crippen molar-refractivity contribution in [3.63, 3.8) is 0 Å². The van der Waals surface area contributed by atoms with Crippen molar-refractivity contribution in [1.29, 1.82) is 0 Å². The molecule has 0 aromatic rings. The van der Waals surface area contributed by atoms with Crippen molar-refractivity contribution in [3.8, 4) is 0 Å². The Kier molecular flexibility index (Phi) is 4.06. The first kappa shape index (κ1) is 8.09. The molecule has 0 amide bonds. The van der Waals surface area contributed by atoms with Gasteiger partial charge in [0.2, 0.25) is 0 Å². The Morgan fingerprint density at radius 2 is 1.88 bits per heavy atom. The van der Waals surface area contributed by atoms with Gasteiger partial charge in [0, 0.05) is 12.6 Å². The van der Waals surface area contributed by atoms with E-state index in [4.69, 9.17) is 4.74 Å². The summed E-state index contributed by atoms with van der Waals surface area (Å²) in [7, 11) is 4.21. The van der Waals surface area contributed by atoms with Crippen molar-refractivity contribution in [2.75, 3.05) is 6.61 Å². The topological polar surface area (TPSA) is 9.23 Å². The SMILES string of the molecule is BC(C)COC(B)C. The molecule has 0 rings (SSSR count). The zero-order chi connectivity index (χ0) is 6.57. The third kappa shape index (κ3) is 6.09. The molecule has 0 aliphatic carbocycles. The van der Waals surface area contributed by atoms with Gasteiger partial charge in [-0.15, -0.1) is 0 Å².